The van der Waals surface area contributed by atoms with E-state index in [0.717, 1.165) is 28.3 Å². The number of nitrogens with zero attached hydrogens (tertiary/aromatic N) is 3. The Morgan fingerprint density at radius 3 is 2.51 bits per heavy atom. The highest BCUT2D eigenvalue weighted by Crippen LogP contribution is 2.34. The zero-order valence-electron chi connectivity index (χ0n) is 19.3. The number of rotatable bonds is 8. The quantitative estimate of drug-likeness (QED) is 0.388. The lowest BCUT2D eigenvalue weighted by molar-refractivity contribution is -0.117. The first-order valence-electron chi connectivity index (χ1n) is 11.5. The molecule has 0 saturated carbocycles. The van der Waals surface area contributed by atoms with Crippen LogP contribution in [0.4, 0.5) is 5.69 Å². The molecular formula is C27H26ClN3O4. The third-order valence-electron chi connectivity index (χ3n) is 6.21. The Morgan fingerprint density at radius 1 is 1.06 bits per heavy atom. The van der Waals surface area contributed by atoms with Crippen LogP contribution in [-0.2, 0) is 11.3 Å². The van der Waals surface area contributed by atoms with Crippen LogP contribution < -0.4 is 14.4 Å². The molecule has 2 heterocycles. The fraction of sp³-hybridized carbons (Fsp3) is 0.259. The fourth-order valence-electron chi connectivity index (χ4n) is 4.48. The number of hydrogen-bond donors (Lipinski definition) is 1. The largest absolute Gasteiger partial charge is 0.497 e. The molecule has 3 aromatic carbocycles. The predicted octanol–water partition coefficient (Wildman–Crippen LogP) is 4.66. The van der Waals surface area contributed by atoms with Crippen molar-refractivity contribution in [1.29, 1.82) is 0 Å². The summed E-state index contributed by atoms with van der Waals surface area (Å²) in [5.41, 5.74) is 2.59. The summed E-state index contributed by atoms with van der Waals surface area (Å²) in [5.74, 6) is 2.13. The second-order valence-electron chi connectivity index (χ2n) is 8.59. The van der Waals surface area contributed by atoms with Gasteiger partial charge in [0.05, 0.1) is 24.7 Å². The first-order valence-corrected chi connectivity index (χ1v) is 11.9. The number of imidazole rings is 1. The van der Waals surface area contributed by atoms with E-state index in [2.05, 4.69) is 0 Å². The molecule has 180 valence electrons. The Hall–Kier alpha value is -3.55. The maximum absolute atomic E-state index is 12.9. The van der Waals surface area contributed by atoms with Gasteiger partial charge in [0.25, 0.3) is 0 Å². The Morgan fingerprint density at radius 2 is 1.77 bits per heavy atom. The molecule has 0 spiro atoms. The van der Waals surface area contributed by atoms with E-state index in [1.165, 1.54) is 0 Å². The number of halogens is 1. The number of benzene rings is 3. The first-order chi connectivity index (χ1) is 17.0. The third kappa shape index (κ3) is 4.97. The van der Waals surface area contributed by atoms with Crippen LogP contribution in [0.5, 0.6) is 11.5 Å². The smallest absolute Gasteiger partial charge is 0.227 e. The van der Waals surface area contributed by atoms with Crippen molar-refractivity contribution in [3.8, 4) is 11.5 Å². The molecule has 5 rings (SSSR count). The Labute approximate surface area is 208 Å². The van der Waals surface area contributed by atoms with Crippen LogP contribution >= 0.6 is 11.6 Å². The molecule has 8 heteroatoms. The van der Waals surface area contributed by atoms with Crippen molar-refractivity contribution in [2.75, 3.05) is 25.2 Å². The highest BCUT2D eigenvalue weighted by Gasteiger charge is 2.35. The molecule has 4 aromatic rings. The molecule has 1 saturated heterocycles. The van der Waals surface area contributed by atoms with E-state index in [1.807, 2.05) is 53.1 Å². The molecule has 1 N–H and O–H groups in total. The van der Waals surface area contributed by atoms with E-state index in [4.69, 9.17) is 26.1 Å². The van der Waals surface area contributed by atoms with E-state index < -0.39 is 6.10 Å². The minimum absolute atomic E-state index is 0.0467. The second-order valence-corrected chi connectivity index (χ2v) is 9.03. The summed E-state index contributed by atoms with van der Waals surface area (Å²) in [4.78, 5) is 19.6. The molecule has 2 unspecified atom stereocenters. The lowest BCUT2D eigenvalue weighted by atomic mass is 10.1. The van der Waals surface area contributed by atoms with E-state index in [0.29, 0.717) is 30.3 Å². The average molecular weight is 492 g/mol. The van der Waals surface area contributed by atoms with Gasteiger partial charge in [0, 0.05) is 29.6 Å². The molecule has 2 atom stereocenters. The van der Waals surface area contributed by atoms with Crippen LogP contribution in [-0.4, -0.2) is 46.9 Å². The number of amides is 1. The molecule has 1 aromatic heterocycles. The zero-order valence-corrected chi connectivity index (χ0v) is 20.1. The number of para-hydroxylation sites is 2. The number of hydrogen-bond acceptors (Lipinski definition) is 5. The molecular weight excluding hydrogens is 466 g/mol. The van der Waals surface area contributed by atoms with Gasteiger partial charge in [-0.3, -0.25) is 4.79 Å². The van der Waals surface area contributed by atoms with Crippen LogP contribution in [0, 0.1) is 0 Å². The highest BCUT2D eigenvalue weighted by atomic mass is 35.5. The molecule has 1 fully saturated rings. The Bertz CT molecular complexity index is 1320. The number of ether oxygens (including phenoxy) is 2. The van der Waals surface area contributed by atoms with Gasteiger partial charge in [-0.05, 0) is 60.7 Å². The highest BCUT2D eigenvalue weighted by molar-refractivity contribution is 6.30. The fourth-order valence-corrected chi connectivity index (χ4v) is 4.60. The molecule has 0 aliphatic carbocycles. The van der Waals surface area contributed by atoms with Gasteiger partial charge in [0.15, 0.2) is 0 Å². The number of methoxy groups -OCH3 is 1. The second kappa shape index (κ2) is 9.98. The minimum atomic E-state index is -0.767. The summed E-state index contributed by atoms with van der Waals surface area (Å²) in [5, 5.41) is 11.4. The minimum Gasteiger partial charge on any atom is -0.497 e. The summed E-state index contributed by atoms with van der Waals surface area (Å²) in [7, 11) is 1.62. The van der Waals surface area contributed by atoms with Gasteiger partial charge < -0.3 is 24.0 Å². The van der Waals surface area contributed by atoms with Crippen molar-refractivity contribution in [1.82, 2.24) is 9.55 Å². The molecule has 1 aliphatic rings. The van der Waals surface area contributed by atoms with Gasteiger partial charge >= 0.3 is 0 Å². The number of carbonyl (C=O) groups excluding carboxylic acids is 1. The first kappa shape index (κ1) is 23.2. The Kier molecular flexibility index (Phi) is 6.61. The van der Waals surface area contributed by atoms with Gasteiger partial charge in [-0.2, -0.15) is 0 Å². The maximum atomic E-state index is 12.9. The maximum Gasteiger partial charge on any atom is 0.227 e. The monoisotopic (exact) mass is 491 g/mol. The predicted molar refractivity (Wildman–Crippen MR) is 135 cm³/mol. The Balaban J connectivity index is 1.36. The average Bonchev–Trinajstić information content (AvgIpc) is 3.44. The van der Waals surface area contributed by atoms with Crippen molar-refractivity contribution < 1.29 is 19.4 Å². The molecule has 35 heavy (non-hydrogen) atoms. The molecule has 1 amide bonds. The van der Waals surface area contributed by atoms with Crippen molar-refractivity contribution in [3.05, 3.63) is 83.6 Å². The van der Waals surface area contributed by atoms with Crippen LogP contribution in [0.3, 0.4) is 0 Å². The van der Waals surface area contributed by atoms with E-state index in [-0.39, 0.29) is 18.4 Å². The van der Waals surface area contributed by atoms with Crippen molar-refractivity contribution in [3.63, 3.8) is 0 Å². The summed E-state index contributed by atoms with van der Waals surface area (Å²) in [6.07, 6.45) is -0.413. The lowest BCUT2D eigenvalue weighted by Crippen LogP contribution is -2.26. The number of fused-ring (bicyclic) bond motifs is 1. The van der Waals surface area contributed by atoms with Crippen molar-refractivity contribution in [2.45, 2.75) is 25.0 Å². The third-order valence-corrected chi connectivity index (χ3v) is 6.46. The summed E-state index contributed by atoms with van der Waals surface area (Å²) >= 11 is 5.93. The van der Waals surface area contributed by atoms with Gasteiger partial charge in [0.2, 0.25) is 5.91 Å². The van der Waals surface area contributed by atoms with Crippen LogP contribution in [0.2, 0.25) is 5.02 Å². The normalized spacial score (nSPS) is 16.6. The van der Waals surface area contributed by atoms with Crippen molar-refractivity contribution >= 4 is 34.2 Å². The van der Waals surface area contributed by atoms with Crippen LogP contribution in [0.1, 0.15) is 18.2 Å². The molecule has 0 bridgehead atoms. The number of carbonyl (C=O) groups is 1. The summed E-state index contributed by atoms with van der Waals surface area (Å²) in [6.45, 7) is 0.942. The van der Waals surface area contributed by atoms with Crippen LogP contribution in [0.15, 0.2) is 72.8 Å². The van der Waals surface area contributed by atoms with Gasteiger partial charge in [-0.15, -0.1) is 0 Å². The topological polar surface area (TPSA) is 76.8 Å². The van der Waals surface area contributed by atoms with Gasteiger partial charge in [-0.1, -0.05) is 23.7 Å². The summed E-state index contributed by atoms with van der Waals surface area (Å²) < 4.78 is 13.0. The van der Waals surface area contributed by atoms with E-state index in [9.17, 15) is 9.90 Å². The van der Waals surface area contributed by atoms with Gasteiger partial charge in [0.1, 0.15) is 30.0 Å². The number of anilines is 1. The van der Waals surface area contributed by atoms with Crippen LogP contribution in [0.25, 0.3) is 11.0 Å². The standard InChI is InChI=1S/C27H26ClN3O4/c1-34-22-12-8-20(9-13-22)30-15-18(14-26(30)33)27-29-24-4-2-3-5-25(24)31(27)16-21(32)17-35-23-10-6-19(28)7-11-23/h2-13,18,21,32H,14-17H2,1H3. The van der Waals surface area contributed by atoms with Crippen molar-refractivity contribution in [2.24, 2.45) is 0 Å². The number of aromatic nitrogens is 2. The number of aliphatic hydroxyl groups excluding tert-OH is 1. The zero-order chi connectivity index (χ0) is 24.4. The molecule has 0 radical (unpaired) electrons. The lowest BCUT2D eigenvalue weighted by Gasteiger charge is -2.19. The van der Waals surface area contributed by atoms with E-state index >= 15 is 0 Å². The SMILES string of the molecule is COc1ccc(N2CC(c3nc4ccccc4n3CC(O)COc3ccc(Cl)cc3)CC2=O)cc1. The van der Waals surface area contributed by atoms with E-state index in [1.54, 1.807) is 36.3 Å². The van der Waals surface area contributed by atoms with Gasteiger partial charge in [-0.25, -0.2) is 4.98 Å². The summed E-state index contributed by atoms with van der Waals surface area (Å²) in [6, 6.07) is 22.3. The number of aliphatic hydroxyl groups is 1. The molecule has 1 aliphatic heterocycles. The molecule has 7 nitrogen and oxygen atoms in total.